The van der Waals surface area contributed by atoms with Crippen molar-refractivity contribution in [3.8, 4) is 6.07 Å². The summed E-state index contributed by atoms with van der Waals surface area (Å²) in [6.45, 7) is 7.60. The molecule has 108 valence electrons. The Kier molecular flexibility index (Phi) is 5.23. The van der Waals surface area contributed by atoms with Gasteiger partial charge in [0.15, 0.2) is 0 Å². The van der Waals surface area contributed by atoms with Gasteiger partial charge in [-0.3, -0.25) is 4.79 Å². The molecule has 1 aromatic carbocycles. The number of nitrogens with one attached hydrogen (secondary N) is 2. The van der Waals surface area contributed by atoms with Crippen molar-refractivity contribution in [2.45, 2.75) is 45.8 Å². The molecule has 0 aromatic heterocycles. The standard InChI is InChI=1S/C15H20FN3O/c1-10(14(20)19-15(2,3)4)18-9-12-7-5-6-11(8-17)13(12)16/h5-7,10,18H,9H2,1-4H3,(H,19,20). The van der Waals surface area contributed by atoms with Crippen LogP contribution >= 0.6 is 0 Å². The van der Waals surface area contributed by atoms with Gasteiger partial charge in [-0.2, -0.15) is 5.26 Å². The van der Waals surface area contributed by atoms with Gasteiger partial charge in [0.2, 0.25) is 5.91 Å². The summed E-state index contributed by atoms with van der Waals surface area (Å²) in [6, 6.07) is 5.99. The Morgan fingerprint density at radius 1 is 1.45 bits per heavy atom. The van der Waals surface area contributed by atoms with E-state index in [2.05, 4.69) is 10.6 Å². The molecule has 0 saturated heterocycles. The molecule has 0 aliphatic rings. The minimum atomic E-state index is -0.536. The average molecular weight is 277 g/mol. The lowest BCUT2D eigenvalue weighted by atomic mass is 10.1. The van der Waals surface area contributed by atoms with Crippen molar-refractivity contribution in [2.75, 3.05) is 0 Å². The van der Waals surface area contributed by atoms with Crippen molar-refractivity contribution >= 4 is 5.91 Å². The van der Waals surface area contributed by atoms with Crippen molar-refractivity contribution in [3.05, 3.63) is 35.1 Å². The second-order valence-electron chi connectivity index (χ2n) is 5.73. The minimum Gasteiger partial charge on any atom is -0.350 e. The maximum absolute atomic E-state index is 13.8. The first kappa shape index (κ1) is 16.1. The van der Waals surface area contributed by atoms with Crippen LogP contribution in [-0.2, 0) is 11.3 Å². The molecule has 1 amide bonds. The van der Waals surface area contributed by atoms with E-state index >= 15 is 0 Å². The van der Waals surface area contributed by atoms with Crippen LogP contribution in [0.1, 0.15) is 38.8 Å². The second kappa shape index (κ2) is 6.49. The highest BCUT2D eigenvalue weighted by Gasteiger charge is 2.19. The van der Waals surface area contributed by atoms with Crippen LogP contribution in [0, 0.1) is 17.1 Å². The maximum Gasteiger partial charge on any atom is 0.237 e. The Balaban J connectivity index is 2.64. The normalized spacial score (nSPS) is 12.6. The predicted octanol–water partition coefficient (Wildman–Crippen LogP) is 2.09. The lowest BCUT2D eigenvalue weighted by Crippen LogP contribution is -2.49. The molecule has 2 N–H and O–H groups in total. The van der Waals surface area contributed by atoms with E-state index in [1.807, 2.05) is 20.8 Å². The summed E-state index contributed by atoms with van der Waals surface area (Å²) in [5.74, 6) is -0.680. The molecule has 1 rings (SSSR count). The van der Waals surface area contributed by atoms with E-state index in [9.17, 15) is 9.18 Å². The highest BCUT2D eigenvalue weighted by atomic mass is 19.1. The Hall–Kier alpha value is -1.93. The third kappa shape index (κ3) is 4.63. The topological polar surface area (TPSA) is 64.9 Å². The zero-order valence-electron chi connectivity index (χ0n) is 12.2. The molecule has 0 radical (unpaired) electrons. The summed E-state index contributed by atoms with van der Waals surface area (Å²) >= 11 is 0. The molecule has 4 nitrogen and oxygen atoms in total. The van der Waals surface area contributed by atoms with Gasteiger partial charge in [0, 0.05) is 17.6 Å². The number of nitriles is 1. The van der Waals surface area contributed by atoms with E-state index < -0.39 is 11.9 Å². The first-order valence-corrected chi connectivity index (χ1v) is 6.47. The molecule has 0 spiro atoms. The average Bonchev–Trinajstić information content (AvgIpc) is 2.35. The van der Waals surface area contributed by atoms with Crippen LogP contribution in [0.3, 0.4) is 0 Å². The SMILES string of the molecule is CC(NCc1cccc(C#N)c1F)C(=O)NC(C)(C)C. The zero-order chi connectivity index (χ0) is 15.3. The quantitative estimate of drug-likeness (QED) is 0.885. The number of hydrogen-bond donors (Lipinski definition) is 2. The largest absolute Gasteiger partial charge is 0.350 e. The monoisotopic (exact) mass is 277 g/mol. The number of carbonyl (C=O) groups is 1. The fraction of sp³-hybridized carbons (Fsp3) is 0.467. The fourth-order valence-electron chi connectivity index (χ4n) is 1.64. The highest BCUT2D eigenvalue weighted by molar-refractivity contribution is 5.81. The van der Waals surface area contributed by atoms with E-state index in [0.717, 1.165) is 0 Å². The van der Waals surface area contributed by atoms with Crippen LogP contribution in [0.15, 0.2) is 18.2 Å². The molecule has 0 heterocycles. The Morgan fingerprint density at radius 2 is 2.10 bits per heavy atom. The van der Waals surface area contributed by atoms with Crippen LogP contribution in [0.2, 0.25) is 0 Å². The number of carbonyl (C=O) groups excluding carboxylic acids is 1. The van der Waals surface area contributed by atoms with Crippen LogP contribution in [-0.4, -0.2) is 17.5 Å². The molecule has 0 bridgehead atoms. The number of halogens is 1. The first-order chi connectivity index (χ1) is 9.24. The van der Waals surface area contributed by atoms with Crippen molar-refractivity contribution in [1.82, 2.24) is 10.6 Å². The number of benzene rings is 1. The summed E-state index contributed by atoms with van der Waals surface area (Å²) in [5, 5.41) is 14.6. The smallest absolute Gasteiger partial charge is 0.237 e. The van der Waals surface area contributed by atoms with Gasteiger partial charge in [0.1, 0.15) is 11.9 Å². The number of nitrogens with zero attached hydrogens (tertiary/aromatic N) is 1. The molecule has 0 saturated carbocycles. The molecular weight excluding hydrogens is 257 g/mol. The van der Waals surface area contributed by atoms with Crippen molar-refractivity contribution in [3.63, 3.8) is 0 Å². The second-order valence-corrected chi connectivity index (χ2v) is 5.73. The summed E-state index contributed by atoms with van der Waals surface area (Å²) in [7, 11) is 0. The van der Waals surface area contributed by atoms with Crippen LogP contribution < -0.4 is 10.6 Å². The van der Waals surface area contributed by atoms with Crippen LogP contribution in [0.4, 0.5) is 4.39 Å². The third-order valence-corrected chi connectivity index (χ3v) is 2.69. The van der Waals surface area contributed by atoms with E-state index in [1.165, 1.54) is 6.07 Å². The molecular formula is C15H20FN3O. The van der Waals surface area contributed by atoms with Gasteiger partial charge < -0.3 is 10.6 Å². The van der Waals surface area contributed by atoms with Crippen LogP contribution in [0.25, 0.3) is 0 Å². The summed E-state index contributed by atoms with van der Waals surface area (Å²) in [6.07, 6.45) is 0. The zero-order valence-corrected chi connectivity index (χ0v) is 12.2. The van der Waals surface area contributed by atoms with Gasteiger partial charge in [-0.05, 0) is 33.8 Å². The molecule has 0 aliphatic heterocycles. The Labute approximate surface area is 119 Å². The van der Waals surface area contributed by atoms with E-state index in [-0.39, 0.29) is 23.6 Å². The van der Waals surface area contributed by atoms with Crippen LogP contribution in [0.5, 0.6) is 0 Å². The molecule has 0 aliphatic carbocycles. The van der Waals surface area contributed by atoms with Gasteiger partial charge in [0.25, 0.3) is 0 Å². The molecule has 5 heteroatoms. The molecule has 20 heavy (non-hydrogen) atoms. The van der Waals surface area contributed by atoms with E-state index in [0.29, 0.717) is 5.56 Å². The summed E-state index contributed by atoms with van der Waals surface area (Å²) in [5.41, 5.74) is 0.0782. The summed E-state index contributed by atoms with van der Waals surface area (Å²) < 4.78 is 13.8. The lowest BCUT2D eigenvalue weighted by molar-refractivity contribution is -0.124. The van der Waals surface area contributed by atoms with Crippen molar-refractivity contribution in [2.24, 2.45) is 0 Å². The van der Waals surface area contributed by atoms with Crippen molar-refractivity contribution < 1.29 is 9.18 Å². The minimum absolute atomic E-state index is 0.0103. The van der Waals surface area contributed by atoms with Gasteiger partial charge in [-0.15, -0.1) is 0 Å². The molecule has 1 unspecified atom stereocenters. The molecule has 0 fully saturated rings. The van der Waals surface area contributed by atoms with E-state index in [1.54, 1.807) is 25.1 Å². The number of amides is 1. The summed E-state index contributed by atoms with van der Waals surface area (Å²) in [4.78, 5) is 11.9. The highest BCUT2D eigenvalue weighted by Crippen LogP contribution is 2.12. The fourth-order valence-corrected chi connectivity index (χ4v) is 1.64. The predicted molar refractivity (Wildman–Crippen MR) is 75.3 cm³/mol. The van der Waals surface area contributed by atoms with Gasteiger partial charge in [0.05, 0.1) is 11.6 Å². The molecule has 1 aromatic rings. The third-order valence-electron chi connectivity index (χ3n) is 2.69. The Bertz CT molecular complexity index is 529. The number of rotatable bonds is 4. The van der Waals surface area contributed by atoms with Gasteiger partial charge >= 0.3 is 0 Å². The van der Waals surface area contributed by atoms with Crippen molar-refractivity contribution in [1.29, 1.82) is 5.26 Å². The molecule has 1 atom stereocenters. The first-order valence-electron chi connectivity index (χ1n) is 6.47. The number of hydrogen-bond acceptors (Lipinski definition) is 3. The van der Waals surface area contributed by atoms with Gasteiger partial charge in [-0.1, -0.05) is 12.1 Å². The Morgan fingerprint density at radius 3 is 2.65 bits per heavy atom. The van der Waals surface area contributed by atoms with E-state index in [4.69, 9.17) is 5.26 Å². The lowest BCUT2D eigenvalue weighted by Gasteiger charge is -2.23. The van der Waals surface area contributed by atoms with Gasteiger partial charge in [-0.25, -0.2) is 4.39 Å². The maximum atomic E-state index is 13.8.